The van der Waals surface area contributed by atoms with E-state index in [-0.39, 0.29) is 18.4 Å². The fourth-order valence-electron chi connectivity index (χ4n) is 4.57. The lowest BCUT2D eigenvalue weighted by molar-refractivity contribution is 0.0600. The van der Waals surface area contributed by atoms with Crippen LogP contribution in [-0.4, -0.2) is 76.2 Å². The van der Waals surface area contributed by atoms with Gasteiger partial charge in [0.25, 0.3) is 0 Å². The first-order valence-corrected chi connectivity index (χ1v) is 12.0. The van der Waals surface area contributed by atoms with Crippen molar-refractivity contribution >= 4 is 28.1 Å². The van der Waals surface area contributed by atoms with Crippen LogP contribution >= 0.6 is 0 Å². The molecule has 35 heavy (non-hydrogen) atoms. The van der Waals surface area contributed by atoms with Crippen molar-refractivity contribution in [3.63, 3.8) is 0 Å². The van der Waals surface area contributed by atoms with Crippen LogP contribution in [0.5, 0.6) is 0 Å². The average molecular weight is 479 g/mol. The zero-order valence-electron chi connectivity index (χ0n) is 19.8. The first-order valence-electron chi connectivity index (χ1n) is 12.0. The maximum atomic E-state index is 6.07. The van der Waals surface area contributed by atoms with E-state index in [0.717, 1.165) is 47.4 Å². The van der Waals surface area contributed by atoms with Crippen molar-refractivity contribution in [3.8, 4) is 0 Å². The van der Waals surface area contributed by atoms with Crippen LogP contribution in [-0.2, 0) is 21.3 Å². The Labute approximate surface area is 202 Å². The minimum atomic E-state index is -0.192. The lowest BCUT2D eigenvalue weighted by Crippen LogP contribution is -2.35. The number of hydrogen-bond acceptors (Lipinski definition) is 9. The van der Waals surface area contributed by atoms with Crippen LogP contribution in [0.3, 0.4) is 0 Å². The van der Waals surface area contributed by atoms with E-state index in [1.165, 1.54) is 0 Å². The molecule has 0 radical (unpaired) electrons. The lowest BCUT2D eigenvalue weighted by atomic mass is 10.0. The number of aromatic amines is 1. The molecule has 0 bridgehead atoms. The number of rotatable bonds is 9. The first kappa shape index (κ1) is 22.2. The Kier molecular flexibility index (Phi) is 5.98. The fourth-order valence-corrected chi connectivity index (χ4v) is 4.57. The van der Waals surface area contributed by atoms with Gasteiger partial charge in [0, 0.05) is 49.8 Å². The van der Waals surface area contributed by atoms with Gasteiger partial charge >= 0.3 is 0 Å². The van der Waals surface area contributed by atoms with E-state index in [1.807, 2.05) is 37.4 Å². The number of fused-ring (bicyclic) bond motifs is 1. The number of nitrogens with one attached hydrogen (secondary N) is 4. The third-order valence-corrected chi connectivity index (χ3v) is 6.66. The lowest BCUT2D eigenvalue weighted by Gasteiger charge is -2.23. The van der Waals surface area contributed by atoms with Crippen LogP contribution in [0.4, 0.5) is 11.6 Å². The first-order chi connectivity index (χ1) is 17.2. The van der Waals surface area contributed by atoms with Crippen molar-refractivity contribution in [1.82, 2.24) is 35.6 Å². The number of methoxy groups -OCH3 is 1. The van der Waals surface area contributed by atoms with Crippen molar-refractivity contribution in [1.29, 1.82) is 0 Å². The second kappa shape index (κ2) is 9.42. The number of allylic oxidation sites excluding steroid dienone is 2. The number of nitrogens with zero attached hydrogens (tertiary/aromatic N) is 4. The highest BCUT2D eigenvalue weighted by Gasteiger charge is 2.41. The van der Waals surface area contributed by atoms with Crippen LogP contribution in [0.2, 0.25) is 0 Å². The number of benzene rings is 1. The molecule has 0 saturated carbocycles. The topological polar surface area (TPSA) is 126 Å². The summed E-state index contributed by atoms with van der Waals surface area (Å²) in [5.41, 5.74) is 2.90. The molecule has 11 heteroatoms. The van der Waals surface area contributed by atoms with Gasteiger partial charge in [-0.25, -0.2) is 4.68 Å². The molecule has 3 aliphatic rings. The summed E-state index contributed by atoms with van der Waals surface area (Å²) in [7, 11) is 3.57. The van der Waals surface area contributed by atoms with E-state index in [0.29, 0.717) is 30.8 Å². The maximum Gasteiger partial charge on any atom is 0.225 e. The van der Waals surface area contributed by atoms with Gasteiger partial charge in [0.1, 0.15) is 30.8 Å². The van der Waals surface area contributed by atoms with Crippen molar-refractivity contribution < 1.29 is 14.2 Å². The van der Waals surface area contributed by atoms with E-state index >= 15 is 0 Å². The van der Waals surface area contributed by atoms with Crippen molar-refractivity contribution in [2.45, 2.75) is 37.3 Å². The van der Waals surface area contributed by atoms with Crippen LogP contribution in [0, 0.1) is 0 Å². The van der Waals surface area contributed by atoms with Gasteiger partial charge in [-0.2, -0.15) is 10.1 Å². The van der Waals surface area contributed by atoms with Crippen LogP contribution in [0.1, 0.15) is 18.7 Å². The summed E-state index contributed by atoms with van der Waals surface area (Å²) in [6.45, 7) is 2.56. The molecule has 1 aliphatic carbocycles. The molecule has 11 nitrogen and oxygen atoms in total. The van der Waals surface area contributed by atoms with Gasteiger partial charge in [-0.3, -0.25) is 10.4 Å². The number of aromatic nitrogens is 5. The summed E-state index contributed by atoms with van der Waals surface area (Å²) in [6, 6.07) is 6.47. The Morgan fingerprint density at radius 1 is 1.29 bits per heavy atom. The van der Waals surface area contributed by atoms with E-state index in [4.69, 9.17) is 19.2 Å². The summed E-state index contributed by atoms with van der Waals surface area (Å²) in [5.74, 6) is 2.12. The molecule has 2 aromatic heterocycles. The van der Waals surface area contributed by atoms with Crippen LogP contribution < -0.4 is 16.0 Å². The second-order valence-corrected chi connectivity index (χ2v) is 9.13. The molecule has 4 unspecified atom stereocenters. The van der Waals surface area contributed by atoms with Gasteiger partial charge in [0.2, 0.25) is 5.95 Å². The molecule has 2 saturated heterocycles. The summed E-state index contributed by atoms with van der Waals surface area (Å²) < 4.78 is 19.3. The Bertz CT molecular complexity index is 1260. The quantitative estimate of drug-likeness (QED) is 0.341. The van der Waals surface area contributed by atoms with Gasteiger partial charge in [-0.1, -0.05) is 6.08 Å². The van der Waals surface area contributed by atoms with Gasteiger partial charge in [-0.15, -0.1) is 5.10 Å². The molecule has 0 amide bonds. The summed E-state index contributed by atoms with van der Waals surface area (Å²) >= 11 is 0. The number of hydrogen-bond donors (Lipinski definition) is 4. The van der Waals surface area contributed by atoms with Gasteiger partial charge in [0.15, 0.2) is 5.82 Å². The van der Waals surface area contributed by atoms with E-state index in [9.17, 15) is 0 Å². The largest absolute Gasteiger partial charge is 0.492 e. The highest BCUT2D eigenvalue weighted by atomic mass is 16.6. The number of epoxide rings is 1. The molecule has 6 rings (SSSR count). The summed E-state index contributed by atoms with van der Waals surface area (Å²) in [6.07, 6.45) is 7.49. The smallest absolute Gasteiger partial charge is 0.225 e. The van der Waals surface area contributed by atoms with Crippen LogP contribution in [0.15, 0.2) is 42.3 Å². The molecular weight excluding hydrogens is 448 g/mol. The SMILES string of the molecule is COC1CC(c2nc(Nc3ccc4[nH]ncc4c3)n(C)n2)=CC=C1OCC1OC1NC1CCNC1. The minimum Gasteiger partial charge on any atom is -0.492 e. The number of H-pyrrole nitrogens is 1. The highest BCUT2D eigenvalue weighted by Crippen LogP contribution is 2.30. The predicted molar refractivity (Wildman–Crippen MR) is 131 cm³/mol. The molecule has 4 N–H and O–H groups in total. The van der Waals surface area contributed by atoms with Crippen LogP contribution in [0.25, 0.3) is 16.5 Å². The Hall–Kier alpha value is -3.25. The third-order valence-electron chi connectivity index (χ3n) is 6.66. The van der Waals surface area contributed by atoms with Crippen molar-refractivity contribution in [3.05, 3.63) is 48.1 Å². The molecule has 3 aromatic rings. The van der Waals surface area contributed by atoms with E-state index in [1.54, 1.807) is 18.0 Å². The van der Waals surface area contributed by atoms with Gasteiger partial charge in [0.05, 0.1) is 11.7 Å². The molecule has 4 atom stereocenters. The van der Waals surface area contributed by atoms with E-state index in [2.05, 4.69) is 31.2 Å². The number of aryl methyl sites for hydroxylation is 1. The third kappa shape index (κ3) is 4.80. The Balaban J connectivity index is 1.09. The average Bonchev–Trinajstić information content (AvgIpc) is 3.24. The molecular formula is C24H30N8O3. The maximum absolute atomic E-state index is 6.07. The molecule has 1 aromatic carbocycles. The second-order valence-electron chi connectivity index (χ2n) is 9.13. The van der Waals surface area contributed by atoms with E-state index < -0.39 is 0 Å². The number of anilines is 2. The van der Waals surface area contributed by atoms with Crippen molar-refractivity contribution in [2.24, 2.45) is 7.05 Å². The minimum absolute atomic E-state index is 0.0757. The monoisotopic (exact) mass is 478 g/mol. The van der Waals surface area contributed by atoms with Gasteiger partial charge < -0.3 is 24.8 Å². The summed E-state index contributed by atoms with van der Waals surface area (Å²) in [5, 5.41) is 22.9. The highest BCUT2D eigenvalue weighted by molar-refractivity contribution is 5.82. The van der Waals surface area contributed by atoms with Gasteiger partial charge in [-0.05, 0) is 37.2 Å². The number of ether oxygens (including phenoxy) is 3. The Morgan fingerprint density at radius 3 is 3.09 bits per heavy atom. The standard InChI is InChI=1S/C24H30N8O3/c1-32-24(28-16-4-5-18-15(9-16)11-26-30-18)29-22(31-32)14-3-6-19(20(10-14)33-2)34-13-21-23(35-21)27-17-7-8-25-12-17/h3-6,9,11,17,20-21,23,25,27H,7-8,10,12-13H2,1-2H3,(H,26,30)(H,28,29,31). The zero-order chi connectivity index (χ0) is 23.8. The van der Waals surface area contributed by atoms with Crippen molar-refractivity contribution in [2.75, 3.05) is 32.1 Å². The molecule has 2 fully saturated rings. The normalized spacial score (nSPS) is 26.0. The molecule has 184 valence electrons. The fraction of sp³-hybridized carbons (Fsp3) is 0.458. The summed E-state index contributed by atoms with van der Waals surface area (Å²) in [4.78, 5) is 4.72. The predicted octanol–water partition coefficient (Wildman–Crippen LogP) is 1.81. The Morgan fingerprint density at radius 2 is 2.23 bits per heavy atom. The molecule has 0 spiro atoms. The molecule has 4 heterocycles. The zero-order valence-corrected chi connectivity index (χ0v) is 19.8. The molecule has 2 aliphatic heterocycles.